The van der Waals surface area contributed by atoms with Crippen molar-refractivity contribution >= 4 is 22.6 Å². The van der Waals surface area contributed by atoms with Crippen LogP contribution in [-0.2, 0) is 5.60 Å². The normalized spacial score (nSPS) is 11.8. The highest BCUT2D eigenvalue weighted by Crippen LogP contribution is 2.42. The molecule has 4 rings (SSSR count). The third-order valence-electron chi connectivity index (χ3n) is 4.32. The second kappa shape index (κ2) is 5.82. The molecule has 0 atom stereocenters. The van der Waals surface area contributed by atoms with Gasteiger partial charge in [-0.05, 0) is 23.3 Å². The zero-order chi connectivity index (χ0) is 16.6. The first kappa shape index (κ1) is 15.0. The highest BCUT2D eigenvalue weighted by molar-refractivity contribution is 6.35. The fourth-order valence-electron chi connectivity index (χ4n) is 3.15. The summed E-state index contributed by atoms with van der Waals surface area (Å²) in [4.78, 5) is 0. The van der Waals surface area contributed by atoms with Gasteiger partial charge in [-0.1, -0.05) is 78.3 Å². The van der Waals surface area contributed by atoms with Crippen LogP contribution in [0, 0.1) is 0 Å². The lowest BCUT2D eigenvalue weighted by Gasteiger charge is -2.29. The van der Waals surface area contributed by atoms with Crippen LogP contribution in [0.1, 0.15) is 16.7 Å². The summed E-state index contributed by atoms with van der Waals surface area (Å²) in [5, 5.41) is 13.1. The summed E-state index contributed by atoms with van der Waals surface area (Å²) in [7, 11) is 0. The average Bonchev–Trinajstić information content (AvgIpc) is 3.08. The van der Waals surface area contributed by atoms with Crippen LogP contribution in [0.25, 0.3) is 11.0 Å². The van der Waals surface area contributed by atoms with Crippen LogP contribution >= 0.6 is 11.6 Å². The predicted molar refractivity (Wildman–Crippen MR) is 96.2 cm³/mol. The summed E-state index contributed by atoms with van der Waals surface area (Å²) in [5.74, 6) is 0. The molecule has 24 heavy (non-hydrogen) atoms. The largest absolute Gasteiger partial charge is 0.464 e. The maximum absolute atomic E-state index is 11.8. The van der Waals surface area contributed by atoms with Crippen molar-refractivity contribution in [2.24, 2.45) is 0 Å². The summed E-state index contributed by atoms with van der Waals surface area (Å²) in [6, 6.07) is 24.6. The lowest BCUT2D eigenvalue weighted by atomic mass is 9.80. The number of fused-ring (bicyclic) bond motifs is 1. The zero-order valence-corrected chi connectivity index (χ0v) is 13.6. The van der Waals surface area contributed by atoms with Gasteiger partial charge in [0.05, 0.1) is 11.3 Å². The van der Waals surface area contributed by atoms with E-state index in [-0.39, 0.29) is 0 Å². The van der Waals surface area contributed by atoms with E-state index in [9.17, 15) is 5.11 Å². The number of furan rings is 1. The second-order valence-corrected chi connectivity index (χ2v) is 6.11. The fourth-order valence-corrected chi connectivity index (χ4v) is 3.42. The van der Waals surface area contributed by atoms with Gasteiger partial charge < -0.3 is 9.52 Å². The minimum absolute atomic E-state index is 0.557. The molecule has 1 heterocycles. The SMILES string of the molecule is OC(c1ccccc1)(c1ccccc1)c1coc2cccc(Cl)c12. The van der Waals surface area contributed by atoms with E-state index in [0.29, 0.717) is 16.2 Å². The summed E-state index contributed by atoms with van der Waals surface area (Å²) >= 11 is 6.41. The lowest BCUT2D eigenvalue weighted by molar-refractivity contribution is 0.126. The van der Waals surface area contributed by atoms with Crippen LogP contribution in [0.2, 0.25) is 5.02 Å². The number of hydrogen-bond acceptors (Lipinski definition) is 2. The van der Waals surface area contributed by atoms with Gasteiger partial charge in [0.25, 0.3) is 0 Å². The Hall–Kier alpha value is -2.55. The average molecular weight is 335 g/mol. The number of rotatable bonds is 3. The van der Waals surface area contributed by atoms with Crippen molar-refractivity contribution in [1.82, 2.24) is 0 Å². The molecule has 2 nitrogen and oxygen atoms in total. The molecule has 0 bridgehead atoms. The van der Waals surface area contributed by atoms with Crippen molar-refractivity contribution in [2.75, 3.05) is 0 Å². The Labute approximate surface area is 144 Å². The van der Waals surface area contributed by atoms with E-state index < -0.39 is 5.60 Å². The quantitative estimate of drug-likeness (QED) is 0.546. The summed E-state index contributed by atoms with van der Waals surface area (Å²) < 4.78 is 5.67. The minimum atomic E-state index is -1.35. The lowest BCUT2D eigenvalue weighted by Crippen LogP contribution is -2.28. The number of hydrogen-bond donors (Lipinski definition) is 1. The third-order valence-corrected chi connectivity index (χ3v) is 4.64. The van der Waals surface area contributed by atoms with Crippen molar-refractivity contribution in [3.05, 3.63) is 107 Å². The van der Waals surface area contributed by atoms with Crippen molar-refractivity contribution in [1.29, 1.82) is 0 Å². The Morgan fingerprint density at radius 1 is 0.750 bits per heavy atom. The van der Waals surface area contributed by atoms with Gasteiger partial charge in [-0.3, -0.25) is 0 Å². The molecule has 3 aromatic carbocycles. The molecular formula is C21H15ClO2. The van der Waals surface area contributed by atoms with Crippen molar-refractivity contribution in [2.45, 2.75) is 5.60 Å². The van der Waals surface area contributed by atoms with E-state index in [4.69, 9.17) is 16.0 Å². The number of benzene rings is 3. The van der Waals surface area contributed by atoms with Gasteiger partial charge >= 0.3 is 0 Å². The van der Waals surface area contributed by atoms with Crippen LogP contribution in [0.4, 0.5) is 0 Å². The summed E-state index contributed by atoms with van der Waals surface area (Å²) in [5.41, 5.74) is 1.47. The van der Waals surface area contributed by atoms with Crippen LogP contribution in [0.5, 0.6) is 0 Å². The maximum Gasteiger partial charge on any atom is 0.144 e. The Morgan fingerprint density at radius 2 is 1.33 bits per heavy atom. The Morgan fingerprint density at radius 3 is 1.92 bits per heavy atom. The molecular weight excluding hydrogens is 320 g/mol. The van der Waals surface area contributed by atoms with Gasteiger partial charge in [0.15, 0.2) is 0 Å². The standard InChI is InChI=1S/C21H15ClO2/c22-18-12-7-13-19-20(18)17(14-24-19)21(23,15-8-3-1-4-9-15)16-10-5-2-6-11-16/h1-14,23H. The molecule has 0 aliphatic rings. The van der Waals surface area contributed by atoms with Gasteiger partial charge in [-0.25, -0.2) is 0 Å². The van der Waals surface area contributed by atoms with Gasteiger partial charge in [-0.15, -0.1) is 0 Å². The smallest absolute Gasteiger partial charge is 0.144 e. The molecule has 1 N–H and O–H groups in total. The molecule has 0 amide bonds. The molecule has 0 radical (unpaired) electrons. The molecule has 0 unspecified atom stereocenters. The molecule has 0 saturated heterocycles. The minimum Gasteiger partial charge on any atom is -0.464 e. The fraction of sp³-hybridized carbons (Fsp3) is 0.0476. The van der Waals surface area contributed by atoms with Crippen molar-refractivity contribution < 1.29 is 9.52 Å². The highest BCUT2D eigenvalue weighted by Gasteiger charge is 2.37. The monoisotopic (exact) mass is 334 g/mol. The second-order valence-electron chi connectivity index (χ2n) is 5.70. The molecule has 4 aromatic rings. The molecule has 0 aliphatic carbocycles. The first-order chi connectivity index (χ1) is 11.7. The molecule has 3 heteroatoms. The van der Waals surface area contributed by atoms with Crippen LogP contribution in [0.3, 0.4) is 0 Å². The van der Waals surface area contributed by atoms with E-state index in [1.807, 2.05) is 72.8 Å². The van der Waals surface area contributed by atoms with E-state index in [1.54, 1.807) is 12.3 Å². The van der Waals surface area contributed by atoms with Crippen molar-refractivity contribution in [3.8, 4) is 0 Å². The van der Waals surface area contributed by atoms with E-state index in [2.05, 4.69) is 0 Å². The Bertz CT molecular complexity index is 935. The van der Waals surface area contributed by atoms with E-state index >= 15 is 0 Å². The summed E-state index contributed by atoms with van der Waals surface area (Å²) in [6.07, 6.45) is 1.59. The topological polar surface area (TPSA) is 33.4 Å². The predicted octanol–water partition coefficient (Wildman–Crippen LogP) is 5.37. The van der Waals surface area contributed by atoms with Crippen LogP contribution in [0.15, 0.2) is 89.5 Å². The highest BCUT2D eigenvalue weighted by atomic mass is 35.5. The van der Waals surface area contributed by atoms with Gasteiger partial charge in [0.2, 0.25) is 0 Å². The molecule has 0 fully saturated rings. The summed E-state index contributed by atoms with van der Waals surface area (Å²) in [6.45, 7) is 0. The van der Waals surface area contributed by atoms with E-state index in [1.165, 1.54) is 0 Å². The zero-order valence-electron chi connectivity index (χ0n) is 12.8. The third kappa shape index (κ3) is 2.23. The molecule has 1 aromatic heterocycles. The van der Waals surface area contributed by atoms with Crippen LogP contribution < -0.4 is 0 Å². The molecule has 0 spiro atoms. The Balaban J connectivity index is 2.07. The Kier molecular flexibility index (Phi) is 3.64. The van der Waals surface area contributed by atoms with Gasteiger partial charge in [0, 0.05) is 10.9 Å². The van der Waals surface area contributed by atoms with Gasteiger partial charge in [0.1, 0.15) is 11.2 Å². The van der Waals surface area contributed by atoms with Crippen molar-refractivity contribution in [3.63, 3.8) is 0 Å². The van der Waals surface area contributed by atoms with Gasteiger partial charge in [-0.2, -0.15) is 0 Å². The molecule has 0 saturated carbocycles. The maximum atomic E-state index is 11.8. The van der Waals surface area contributed by atoms with E-state index in [0.717, 1.165) is 16.5 Å². The number of aliphatic hydroxyl groups is 1. The van der Waals surface area contributed by atoms with Crippen LogP contribution in [-0.4, -0.2) is 5.11 Å². The first-order valence-electron chi connectivity index (χ1n) is 7.71. The molecule has 118 valence electrons. The number of halogens is 1. The molecule has 0 aliphatic heterocycles. The first-order valence-corrected chi connectivity index (χ1v) is 8.08.